The van der Waals surface area contributed by atoms with Crippen molar-refractivity contribution in [2.45, 2.75) is 37.8 Å². The SMILES string of the molecule is CCC1CC(C#N)(Nc2cccc(Br)c2)CCO1. The molecule has 3 nitrogen and oxygen atoms in total. The topological polar surface area (TPSA) is 45.0 Å². The van der Waals surface area contributed by atoms with Crippen LogP contribution in [0.25, 0.3) is 0 Å². The quantitative estimate of drug-likeness (QED) is 0.925. The van der Waals surface area contributed by atoms with E-state index in [-0.39, 0.29) is 6.10 Å². The molecule has 18 heavy (non-hydrogen) atoms. The van der Waals surface area contributed by atoms with Crippen LogP contribution in [0.1, 0.15) is 26.2 Å². The summed E-state index contributed by atoms with van der Waals surface area (Å²) in [6, 6.07) is 10.4. The Morgan fingerprint density at radius 3 is 3.11 bits per heavy atom. The average Bonchev–Trinajstić information content (AvgIpc) is 2.39. The number of halogens is 1. The van der Waals surface area contributed by atoms with E-state index in [4.69, 9.17) is 4.74 Å². The summed E-state index contributed by atoms with van der Waals surface area (Å²) in [4.78, 5) is 0. The van der Waals surface area contributed by atoms with E-state index in [0.717, 1.165) is 29.4 Å². The molecule has 1 aromatic carbocycles. The first-order valence-electron chi connectivity index (χ1n) is 6.24. The van der Waals surface area contributed by atoms with Crippen LogP contribution >= 0.6 is 15.9 Å². The first-order valence-corrected chi connectivity index (χ1v) is 7.03. The summed E-state index contributed by atoms with van der Waals surface area (Å²) in [5.74, 6) is 0. The summed E-state index contributed by atoms with van der Waals surface area (Å²) in [6.45, 7) is 2.74. The highest BCUT2D eigenvalue weighted by Gasteiger charge is 2.36. The largest absolute Gasteiger partial charge is 0.378 e. The Labute approximate surface area is 116 Å². The lowest BCUT2D eigenvalue weighted by molar-refractivity contribution is -0.00304. The van der Waals surface area contributed by atoms with Crippen LogP contribution in [0.3, 0.4) is 0 Å². The molecule has 0 bridgehead atoms. The van der Waals surface area contributed by atoms with Crippen LogP contribution < -0.4 is 5.32 Å². The van der Waals surface area contributed by atoms with Gasteiger partial charge in [0.15, 0.2) is 0 Å². The molecule has 0 saturated carbocycles. The molecule has 2 unspecified atom stereocenters. The second kappa shape index (κ2) is 5.73. The third-order valence-electron chi connectivity index (χ3n) is 3.34. The highest BCUT2D eigenvalue weighted by molar-refractivity contribution is 9.10. The maximum Gasteiger partial charge on any atom is 0.130 e. The summed E-state index contributed by atoms with van der Waals surface area (Å²) < 4.78 is 6.66. The molecular formula is C14H17BrN2O. The fraction of sp³-hybridized carbons (Fsp3) is 0.500. The zero-order chi connectivity index (χ0) is 13.0. The van der Waals surface area contributed by atoms with Crippen molar-refractivity contribution >= 4 is 21.6 Å². The minimum absolute atomic E-state index is 0.179. The van der Waals surface area contributed by atoms with Crippen LogP contribution in [0.15, 0.2) is 28.7 Å². The lowest BCUT2D eigenvalue weighted by Gasteiger charge is -2.36. The highest BCUT2D eigenvalue weighted by Crippen LogP contribution is 2.30. The molecule has 4 heteroatoms. The predicted octanol–water partition coefficient (Wildman–Crippen LogP) is 3.71. The summed E-state index contributed by atoms with van der Waals surface area (Å²) in [6.07, 6.45) is 2.60. The normalized spacial score (nSPS) is 27.5. The zero-order valence-electron chi connectivity index (χ0n) is 10.4. The van der Waals surface area contributed by atoms with Gasteiger partial charge in [-0.15, -0.1) is 0 Å². The fourth-order valence-electron chi connectivity index (χ4n) is 2.30. The Morgan fingerprint density at radius 2 is 2.44 bits per heavy atom. The number of anilines is 1. The number of benzene rings is 1. The van der Waals surface area contributed by atoms with Crippen molar-refractivity contribution in [3.63, 3.8) is 0 Å². The zero-order valence-corrected chi connectivity index (χ0v) is 12.0. The predicted molar refractivity (Wildman–Crippen MR) is 75.4 cm³/mol. The van der Waals surface area contributed by atoms with Crippen LogP contribution in [-0.2, 0) is 4.74 Å². The van der Waals surface area contributed by atoms with E-state index in [1.54, 1.807) is 0 Å². The van der Waals surface area contributed by atoms with Gasteiger partial charge in [-0.05, 0) is 24.6 Å². The van der Waals surface area contributed by atoms with Gasteiger partial charge in [0, 0.05) is 23.0 Å². The molecule has 2 rings (SSSR count). The lowest BCUT2D eigenvalue weighted by Crippen LogP contribution is -2.45. The molecule has 0 aliphatic carbocycles. The van der Waals surface area contributed by atoms with Crippen molar-refractivity contribution in [3.8, 4) is 6.07 Å². The molecule has 1 aliphatic heterocycles. The Bertz CT molecular complexity index is 457. The minimum atomic E-state index is -0.500. The van der Waals surface area contributed by atoms with Crippen LogP contribution in [0.2, 0.25) is 0 Å². The molecule has 1 aliphatic rings. The number of ether oxygens (including phenoxy) is 1. The van der Waals surface area contributed by atoms with Crippen molar-refractivity contribution in [1.82, 2.24) is 0 Å². The highest BCUT2D eigenvalue weighted by atomic mass is 79.9. The summed E-state index contributed by atoms with van der Waals surface area (Å²) in [5.41, 5.74) is 0.474. The fourth-order valence-corrected chi connectivity index (χ4v) is 2.70. The van der Waals surface area contributed by atoms with E-state index < -0.39 is 5.54 Å². The number of nitriles is 1. The molecule has 1 fully saturated rings. The third-order valence-corrected chi connectivity index (χ3v) is 3.83. The first-order chi connectivity index (χ1) is 8.67. The summed E-state index contributed by atoms with van der Waals surface area (Å²) >= 11 is 3.44. The number of rotatable bonds is 3. The van der Waals surface area contributed by atoms with Gasteiger partial charge in [0.2, 0.25) is 0 Å². The van der Waals surface area contributed by atoms with Crippen molar-refractivity contribution in [3.05, 3.63) is 28.7 Å². The Morgan fingerprint density at radius 1 is 1.61 bits per heavy atom. The van der Waals surface area contributed by atoms with Crippen molar-refractivity contribution in [2.75, 3.05) is 11.9 Å². The molecule has 1 heterocycles. The van der Waals surface area contributed by atoms with Crippen LogP contribution in [0.4, 0.5) is 5.69 Å². The second-order valence-corrected chi connectivity index (χ2v) is 5.60. The van der Waals surface area contributed by atoms with E-state index in [1.807, 2.05) is 24.3 Å². The molecule has 0 spiro atoms. The molecular weight excluding hydrogens is 292 g/mol. The van der Waals surface area contributed by atoms with E-state index >= 15 is 0 Å². The van der Waals surface area contributed by atoms with Crippen molar-refractivity contribution in [2.24, 2.45) is 0 Å². The number of hydrogen-bond acceptors (Lipinski definition) is 3. The number of nitrogens with one attached hydrogen (secondary N) is 1. The Balaban J connectivity index is 2.16. The van der Waals surface area contributed by atoms with Crippen LogP contribution in [0, 0.1) is 11.3 Å². The molecule has 1 saturated heterocycles. The number of hydrogen-bond donors (Lipinski definition) is 1. The van der Waals surface area contributed by atoms with Gasteiger partial charge in [-0.2, -0.15) is 5.26 Å². The number of nitrogens with zero attached hydrogens (tertiary/aromatic N) is 1. The van der Waals surface area contributed by atoms with Gasteiger partial charge in [0.25, 0.3) is 0 Å². The molecule has 1 aromatic rings. The standard InChI is InChI=1S/C14H17BrN2O/c1-2-13-9-14(10-16,6-7-18-13)17-12-5-3-4-11(15)8-12/h3-5,8,13,17H,2,6-7,9H2,1H3. The van der Waals surface area contributed by atoms with Gasteiger partial charge >= 0.3 is 0 Å². The van der Waals surface area contributed by atoms with Gasteiger partial charge in [-0.3, -0.25) is 0 Å². The van der Waals surface area contributed by atoms with Gasteiger partial charge in [0.05, 0.1) is 18.8 Å². The van der Waals surface area contributed by atoms with Crippen LogP contribution in [-0.4, -0.2) is 18.2 Å². The van der Waals surface area contributed by atoms with E-state index in [0.29, 0.717) is 6.61 Å². The molecule has 1 N–H and O–H groups in total. The van der Waals surface area contributed by atoms with Gasteiger partial charge < -0.3 is 10.1 Å². The molecule has 0 radical (unpaired) electrons. The summed E-state index contributed by atoms with van der Waals surface area (Å²) in [5, 5.41) is 12.9. The maximum absolute atomic E-state index is 9.51. The second-order valence-electron chi connectivity index (χ2n) is 4.68. The van der Waals surface area contributed by atoms with Crippen LogP contribution in [0.5, 0.6) is 0 Å². The van der Waals surface area contributed by atoms with E-state index in [1.165, 1.54) is 0 Å². The monoisotopic (exact) mass is 308 g/mol. The molecule has 0 aromatic heterocycles. The maximum atomic E-state index is 9.51. The first kappa shape index (κ1) is 13.4. The van der Waals surface area contributed by atoms with Gasteiger partial charge in [0.1, 0.15) is 5.54 Å². The van der Waals surface area contributed by atoms with Gasteiger partial charge in [-0.25, -0.2) is 0 Å². The van der Waals surface area contributed by atoms with Gasteiger partial charge in [-0.1, -0.05) is 28.9 Å². The third kappa shape index (κ3) is 3.04. The van der Waals surface area contributed by atoms with E-state index in [9.17, 15) is 5.26 Å². The summed E-state index contributed by atoms with van der Waals surface area (Å²) in [7, 11) is 0. The smallest absolute Gasteiger partial charge is 0.130 e. The van der Waals surface area contributed by atoms with E-state index in [2.05, 4.69) is 34.2 Å². The average molecular weight is 309 g/mol. The molecule has 2 atom stereocenters. The molecule has 0 amide bonds. The molecule has 96 valence electrons. The Hall–Kier alpha value is -1.05. The van der Waals surface area contributed by atoms with Crippen molar-refractivity contribution in [1.29, 1.82) is 5.26 Å². The lowest BCUT2D eigenvalue weighted by atomic mass is 9.87. The van der Waals surface area contributed by atoms with Crippen molar-refractivity contribution < 1.29 is 4.74 Å². The minimum Gasteiger partial charge on any atom is -0.378 e. The Kier molecular flexibility index (Phi) is 4.26.